The van der Waals surface area contributed by atoms with E-state index in [1.54, 1.807) is 36.5 Å². The SMILES string of the molecule is Cn1ccc(-c2cc(OC(F)F)n(-c3ccc(NC(=O)c4ccncc4F)cc3)n2)c1. The van der Waals surface area contributed by atoms with Gasteiger partial charge in [-0.25, -0.2) is 9.07 Å². The molecule has 0 aliphatic rings. The lowest BCUT2D eigenvalue weighted by Gasteiger charge is -2.10. The number of alkyl halides is 2. The number of benzene rings is 1. The van der Waals surface area contributed by atoms with E-state index in [-0.39, 0.29) is 11.4 Å². The summed E-state index contributed by atoms with van der Waals surface area (Å²) in [5, 5.41) is 6.94. The number of hydrogen-bond donors (Lipinski definition) is 1. The highest BCUT2D eigenvalue weighted by molar-refractivity contribution is 6.04. The first-order valence-electron chi connectivity index (χ1n) is 9.09. The second-order valence-electron chi connectivity index (χ2n) is 6.58. The second kappa shape index (κ2) is 8.34. The molecule has 0 spiro atoms. The Labute approximate surface area is 174 Å². The van der Waals surface area contributed by atoms with Crippen LogP contribution < -0.4 is 10.1 Å². The molecule has 0 radical (unpaired) electrons. The van der Waals surface area contributed by atoms with Crippen LogP contribution in [-0.4, -0.2) is 31.9 Å². The van der Waals surface area contributed by atoms with Crippen LogP contribution in [-0.2, 0) is 7.05 Å². The van der Waals surface area contributed by atoms with E-state index >= 15 is 0 Å². The van der Waals surface area contributed by atoms with Crippen molar-refractivity contribution in [1.29, 1.82) is 0 Å². The van der Waals surface area contributed by atoms with Gasteiger partial charge in [-0.3, -0.25) is 9.78 Å². The van der Waals surface area contributed by atoms with Crippen LogP contribution in [0.2, 0.25) is 0 Å². The van der Waals surface area contributed by atoms with Crippen LogP contribution in [0.25, 0.3) is 16.9 Å². The van der Waals surface area contributed by atoms with Gasteiger partial charge in [0.1, 0.15) is 0 Å². The number of nitrogens with zero attached hydrogens (tertiary/aromatic N) is 4. The number of hydrogen-bond acceptors (Lipinski definition) is 4. The van der Waals surface area contributed by atoms with Gasteiger partial charge in [0.2, 0.25) is 5.88 Å². The highest BCUT2D eigenvalue weighted by atomic mass is 19.3. The van der Waals surface area contributed by atoms with Crippen molar-refractivity contribution in [3.8, 4) is 22.8 Å². The first-order chi connectivity index (χ1) is 14.9. The molecule has 0 saturated carbocycles. The average Bonchev–Trinajstić information content (AvgIpc) is 3.35. The smallest absolute Gasteiger partial charge is 0.388 e. The van der Waals surface area contributed by atoms with Gasteiger partial charge in [0.05, 0.1) is 23.1 Å². The monoisotopic (exact) mass is 427 g/mol. The lowest BCUT2D eigenvalue weighted by atomic mass is 10.2. The maximum Gasteiger partial charge on any atom is 0.388 e. The van der Waals surface area contributed by atoms with Crippen LogP contribution in [0.5, 0.6) is 5.88 Å². The molecule has 3 heterocycles. The third kappa shape index (κ3) is 4.42. The maximum absolute atomic E-state index is 13.7. The van der Waals surface area contributed by atoms with Crippen LogP contribution in [0.1, 0.15) is 10.4 Å². The van der Waals surface area contributed by atoms with Crippen molar-refractivity contribution in [2.75, 3.05) is 5.32 Å². The second-order valence-corrected chi connectivity index (χ2v) is 6.58. The minimum atomic E-state index is -3.02. The van der Waals surface area contributed by atoms with Crippen molar-refractivity contribution < 1.29 is 22.7 Å². The summed E-state index contributed by atoms with van der Waals surface area (Å²) in [5.74, 6) is -1.51. The van der Waals surface area contributed by atoms with E-state index in [2.05, 4.69) is 20.1 Å². The molecule has 1 N–H and O–H groups in total. The molecular weight excluding hydrogens is 411 g/mol. The summed E-state index contributed by atoms with van der Waals surface area (Å²) in [5.41, 5.74) is 1.87. The normalized spacial score (nSPS) is 11.0. The predicted octanol–water partition coefficient (Wildman–Crippen LogP) is 4.27. The quantitative estimate of drug-likeness (QED) is 0.499. The number of pyridine rings is 1. The molecule has 0 fully saturated rings. The number of amides is 1. The predicted molar refractivity (Wildman–Crippen MR) is 107 cm³/mol. The zero-order chi connectivity index (χ0) is 22.0. The summed E-state index contributed by atoms with van der Waals surface area (Å²) in [6.45, 7) is -3.02. The van der Waals surface area contributed by atoms with E-state index in [9.17, 15) is 18.0 Å². The van der Waals surface area contributed by atoms with E-state index in [1.807, 2.05) is 17.8 Å². The van der Waals surface area contributed by atoms with Gasteiger partial charge in [0.25, 0.3) is 5.91 Å². The van der Waals surface area contributed by atoms with E-state index < -0.39 is 18.3 Å². The molecule has 0 saturated heterocycles. The van der Waals surface area contributed by atoms with Gasteiger partial charge in [-0.2, -0.15) is 13.9 Å². The summed E-state index contributed by atoms with van der Waals surface area (Å²) in [6, 6.07) is 10.7. The first kappa shape index (κ1) is 20.2. The number of halogens is 3. The lowest BCUT2D eigenvalue weighted by Crippen LogP contribution is -2.14. The Morgan fingerprint density at radius 2 is 1.94 bits per heavy atom. The Morgan fingerprint density at radius 1 is 1.16 bits per heavy atom. The minimum absolute atomic E-state index is 0.135. The number of rotatable bonds is 6. The van der Waals surface area contributed by atoms with Crippen molar-refractivity contribution in [2.45, 2.75) is 6.61 Å². The molecule has 158 valence electrons. The molecule has 31 heavy (non-hydrogen) atoms. The van der Waals surface area contributed by atoms with E-state index in [0.29, 0.717) is 17.1 Å². The number of carbonyl (C=O) groups excluding carboxylic acids is 1. The number of aryl methyl sites for hydroxylation is 1. The summed E-state index contributed by atoms with van der Waals surface area (Å²) < 4.78 is 47.1. The van der Waals surface area contributed by atoms with Gasteiger partial charge in [-0.15, -0.1) is 0 Å². The Kier molecular flexibility index (Phi) is 5.44. The molecule has 4 rings (SSSR count). The van der Waals surface area contributed by atoms with Crippen molar-refractivity contribution in [1.82, 2.24) is 19.3 Å². The van der Waals surface area contributed by atoms with Gasteiger partial charge in [0.15, 0.2) is 5.82 Å². The Bertz CT molecular complexity index is 1220. The highest BCUT2D eigenvalue weighted by Crippen LogP contribution is 2.28. The van der Waals surface area contributed by atoms with Crippen LogP contribution >= 0.6 is 0 Å². The van der Waals surface area contributed by atoms with E-state index in [0.717, 1.165) is 11.8 Å². The molecule has 0 atom stereocenters. The summed E-state index contributed by atoms with van der Waals surface area (Å²) >= 11 is 0. The van der Waals surface area contributed by atoms with Gasteiger partial charge >= 0.3 is 6.61 Å². The maximum atomic E-state index is 13.7. The molecule has 1 amide bonds. The molecular formula is C21H16F3N5O2. The number of ether oxygens (including phenoxy) is 1. The summed E-state index contributed by atoms with van der Waals surface area (Å²) in [7, 11) is 1.84. The highest BCUT2D eigenvalue weighted by Gasteiger charge is 2.17. The summed E-state index contributed by atoms with van der Waals surface area (Å²) in [4.78, 5) is 15.8. The molecule has 0 aliphatic carbocycles. The van der Waals surface area contributed by atoms with Crippen molar-refractivity contribution in [3.05, 3.63) is 78.6 Å². The third-order valence-electron chi connectivity index (χ3n) is 4.40. The van der Waals surface area contributed by atoms with Crippen LogP contribution in [0.4, 0.5) is 18.9 Å². The Hall–Kier alpha value is -4.08. The van der Waals surface area contributed by atoms with Crippen LogP contribution in [0, 0.1) is 5.82 Å². The molecule has 0 unspecified atom stereocenters. The molecule has 3 aromatic heterocycles. The third-order valence-corrected chi connectivity index (χ3v) is 4.40. The average molecular weight is 427 g/mol. The van der Waals surface area contributed by atoms with E-state index in [4.69, 9.17) is 0 Å². The molecule has 4 aromatic rings. The fraction of sp³-hybridized carbons (Fsp3) is 0.0952. The largest absolute Gasteiger partial charge is 0.417 e. The molecule has 0 bridgehead atoms. The van der Waals surface area contributed by atoms with Crippen molar-refractivity contribution in [3.63, 3.8) is 0 Å². The number of nitrogens with one attached hydrogen (secondary N) is 1. The van der Waals surface area contributed by atoms with Gasteiger partial charge < -0.3 is 14.6 Å². The molecule has 10 heteroatoms. The molecule has 1 aromatic carbocycles. The molecule has 0 aliphatic heterocycles. The fourth-order valence-corrected chi connectivity index (χ4v) is 2.96. The van der Waals surface area contributed by atoms with Crippen molar-refractivity contribution in [2.24, 2.45) is 7.05 Å². The standard InChI is InChI=1S/C21H16F3N5O2/c1-28-9-7-13(12-28)18-10-19(31-21(23)24)29(27-18)15-4-2-14(3-5-15)26-20(30)16-6-8-25-11-17(16)22/h2-12,21H,1H3,(H,26,30). The zero-order valence-corrected chi connectivity index (χ0v) is 16.2. The van der Waals surface area contributed by atoms with Crippen LogP contribution in [0.3, 0.4) is 0 Å². The summed E-state index contributed by atoms with van der Waals surface area (Å²) in [6.07, 6.45) is 5.87. The van der Waals surface area contributed by atoms with Gasteiger partial charge in [-0.05, 0) is 36.4 Å². The van der Waals surface area contributed by atoms with E-state index in [1.165, 1.54) is 23.0 Å². The number of carbonyl (C=O) groups is 1. The topological polar surface area (TPSA) is 74.0 Å². The lowest BCUT2D eigenvalue weighted by molar-refractivity contribution is -0.0544. The van der Waals surface area contributed by atoms with Gasteiger partial charge in [0, 0.05) is 43.0 Å². The number of anilines is 1. The zero-order valence-electron chi connectivity index (χ0n) is 16.2. The first-order valence-corrected chi connectivity index (χ1v) is 9.09. The van der Waals surface area contributed by atoms with Gasteiger partial charge in [-0.1, -0.05) is 0 Å². The molecule has 7 nitrogen and oxygen atoms in total. The Balaban J connectivity index is 1.60. The van der Waals surface area contributed by atoms with Crippen LogP contribution in [0.15, 0.2) is 67.3 Å². The minimum Gasteiger partial charge on any atom is -0.417 e. The Morgan fingerprint density at radius 3 is 2.58 bits per heavy atom. The number of aromatic nitrogens is 4. The van der Waals surface area contributed by atoms with Crippen molar-refractivity contribution >= 4 is 11.6 Å². The fourth-order valence-electron chi connectivity index (χ4n) is 2.96.